The van der Waals surface area contributed by atoms with Gasteiger partial charge in [-0.15, -0.1) is 6.58 Å². The number of fused-ring (bicyclic) bond motifs is 1. The normalized spacial score (nSPS) is 17.6. The summed E-state index contributed by atoms with van der Waals surface area (Å²) in [5, 5.41) is 1.10. The number of hydrogen-bond donors (Lipinski definition) is 0. The average molecular weight is 296 g/mol. The second kappa shape index (κ2) is 6.60. The zero-order chi connectivity index (χ0) is 15.4. The fourth-order valence-corrected chi connectivity index (χ4v) is 2.72. The largest absolute Gasteiger partial charge is 0.472 e. The standard InChI is InChI=1S/C18H20N2O2/c1-2-3-8-18(21)20-12-11-15(13-20)22-17-10-9-14-6-4-5-7-16(14)19-17/h2,4-7,9-10,15H,1,3,8,11-13H2. The van der Waals surface area contributed by atoms with E-state index < -0.39 is 0 Å². The van der Waals surface area contributed by atoms with Gasteiger partial charge in [-0.05, 0) is 18.6 Å². The van der Waals surface area contributed by atoms with E-state index in [0.717, 1.165) is 30.3 Å². The van der Waals surface area contributed by atoms with E-state index in [1.165, 1.54) is 0 Å². The van der Waals surface area contributed by atoms with E-state index in [4.69, 9.17) is 4.74 Å². The third kappa shape index (κ3) is 3.27. The summed E-state index contributed by atoms with van der Waals surface area (Å²) in [5.41, 5.74) is 0.928. The van der Waals surface area contributed by atoms with Crippen molar-refractivity contribution < 1.29 is 9.53 Å². The quantitative estimate of drug-likeness (QED) is 0.796. The number of pyridine rings is 1. The van der Waals surface area contributed by atoms with Crippen molar-refractivity contribution in [1.82, 2.24) is 9.88 Å². The van der Waals surface area contributed by atoms with Gasteiger partial charge < -0.3 is 9.64 Å². The van der Waals surface area contributed by atoms with E-state index >= 15 is 0 Å². The Labute approximate surface area is 130 Å². The van der Waals surface area contributed by atoms with Gasteiger partial charge in [0.05, 0.1) is 12.1 Å². The van der Waals surface area contributed by atoms with Crippen molar-refractivity contribution in [2.75, 3.05) is 13.1 Å². The second-order valence-corrected chi connectivity index (χ2v) is 5.54. The minimum absolute atomic E-state index is 0.0290. The number of aromatic nitrogens is 1. The Hall–Kier alpha value is -2.36. The zero-order valence-electron chi connectivity index (χ0n) is 12.6. The molecule has 1 aromatic heterocycles. The van der Waals surface area contributed by atoms with Crippen LogP contribution in [0.1, 0.15) is 19.3 Å². The van der Waals surface area contributed by atoms with Gasteiger partial charge in [-0.2, -0.15) is 0 Å². The molecule has 4 nitrogen and oxygen atoms in total. The Balaban J connectivity index is 1.61. The van der Waals surface area contributed by atoms with Gasteiger partial charge in [0.1, 0.15) is 6.10 Å². The topological polar surface area (TPSA) is 42.4 Å². The molecule has 1 atom stereocenters. The van der Waals surface area contributed by atoms with Crippen molar-refractivity contribution in [3.8, 4) is 5.88 Å². The molecule has 22 heavy (non-hydrogen) atoms. The number of ether oxygens (including phenoxy) is 1. The summed E-state index contributed by atoms with van der Waals surface area (Å²) in [4.78, 5) is 18.4. The maximum Gasteiger partial charge on any atom is 0.223 e. The van der Waals surface area contributed by atoms with Crippen LogP contribution < -0.4 is 4.74 Å². The Kier molecular flexibility index (Phi) is 4.37. The highest BCUT2D eigenvalue weighted by Gasteiger charge is 2.27. The molecular weight excluding hydrogens is 276 g/mol. The Morgan fingerprint density at radius 3 is 3.09 bits per heavy atom. The van der Waals surface area contributed by atoms with E-state index in [-0.39, 0.29) is 12.0 Å². The fraction of sp³-hybridized carbons (Fsp3) is 0.333. The van der Waals surface area contributed by atoms with Gasteiger partial charge in [0.15, 0.2) is 0 Å². The maximum atomic E-state index is 12.0. The monoisotopic (exact) mass is 296 g/mol. The molecule has 1 aliphatic rings. The van der Waals surface area contributed by atoms with Gasteiger partial charge in [-0.1, -0.05) is 24.3 Å². The Morgan fingerprint density at radius 1 is 1.36 bits per heavy atom. The number of hydrogen-bond acceptors (Lipinski definition) is 3. The van der Waals surface area contributed by atoms with Crippen LogP contribution in [-0.2, 0) is 4.79 Å². The molecule has 0 bridgehead atoms. The molecule has 0 spiro atoms. The van der Waals surface area contributed by atoms with E-state index in [1.807, 2.05) is 41.3 Å². The van der Waals surface area contributed by atoms with Crippen molar-refractivity contribution in [3.63, 3.8) is 0 Å². The van der Waals surface area contributed by atoms with E-state index in [2.05, 4.69) is 11.6 Å². The number of amides is 1. The second-order valence-electron chi connectivity index (χ2n) is 5.54. The third-order valence-corrected chi connectivity index (χ3v) is 3.92. The summed E-state index contributed by atoms with van der Waals surface area (Å²) in [6.07, 6.45) is 3.92. The van der Waals surface area contributed by atoms with Gasteiger partial charge in [0.25, 0.3) is 0 Å². The highest BCUT2D eigenvalue weighted by atomic mass is 16.5. The van der Waals surface area contributed by atoms with Gasteiger partial charge in [-0.3, -0.25) is 4.79 Å². The van der Waals surface area contributed by atoms with Crippen LogP contribution in [0.4, 0.5) is 0 Å². The van der Waals surface area contributed by atoms with Gasteiger partial charge in [0.2, 0.25) is 11.8 Å². The van der Waals surface area contributed by atoms with Crippen LogP contribution in [0.15, 0.2) is 49.1 Å². The SMILES string of the molecule is C=CCCC(=O)N1CCC(Oc2ccc3ccccc3n2)C1. The Morgan fingerprint density at radius 2 is 2.23 bits per heavy atom. The summed E-state index contributed by atoms with van der Waals surface area (Å²) >= 11 is 0. The Bertz CT molecular complexity index is 684. The number of allylic oxidation sites excluding steroid dienone is 1. The van der Waals surface area contributed by atoms with Crippen molar-refractivity contribution in [1.29, 1.82) is 0 Å². The molecule has 4 heteroatoms. The lowest BCUT2D eigenvalue weighted by atomic mass is 10.2. The van der Waals surface area contributed by atoms with Gasteiger partial charge in [0, 0.05) is 30.8 Å². The molecule has 1 unspecified atom stereocenters. The van der Waals surface area contributed by atoms with Gasteiger partial charge in [-0.25, -0.2) is 4.98 Å². The van der Waals surface area contributed by atoms with E-state index in [1.54, 1.807) is 6.08 Å². The van der Waals surface area contributed by atoms with Crippen LogP contribution in [0.25, 0.3) is 10.9 Å². The summed E-state index contributed by atoms with van der Waals surface area (Å²) in [6.45, 7) is 5.05. The third-order valence-electron chi connectivity index (χ3n) is 3.92. The predicted molar refractivity (Wildman–Crippen MR) is 86.8 cm³/mol. The molecule has 2 heterocycles. The zero-order valence-corrected chi connectivity index (χ0v) is 12.6. The first kappa shape index (κ1) is 14.6. The number of benzene rings is 1. The number of nitrogens with zero attached hydrogens (tertiary/aromatic N) is 2. The molecule has 0 radical (unpaired) electrons. The molecule has 0 N–H and O–H groups in total. The molecular formula is C18H20N2O2. The lowest BCUT2D eigenvalue weighted by Gasteiger charge is -2.16. The molecule has 114 valence electrons. The summed E-state index contributed by atoms with van der Waals surface area (Å²) in [7, 11) is 0. The summed E-state index contributed by atoms with van der Waals surface area (Å²) in [6, 6.07) is 11.9. The molecule has 2 aromatic rings. The molecule has 0 saturated carbocycles. The van der Waals surface area contributed by atoms with Crippen molar-refractivity contribution in [3.05, 3.63) is 49.1 Å². The van der Waals surface area contributed by atoms with E-state index in [0.29, 0.717) is 18.8 Å². The van der Waals surface area contributed by atoms with Crippen LogP contribution >= 0.6 is 0 Å². The van der Waals surface area contributed by atoms with Crippen molar-refractivity contribution >= 4 is 16.8 Å². The van der Waals surface area contributed by atoms with E-state index in [9.17, 15) is 4.79 Å². The number of likely N-dealkylation sites (tertiary alicyclic amines) is 1. The molecule has 1 amide bonds. The highest BCUT2D eigenvalue weighted by Crippen LogP contribution is 2.20. The van der Waals surface area contributed by atoms with Crippen molar-refractivity contribution in [2.45, 2.75) is 25.4 Å². The van der Waals surface area contributed by atoms with Crippen LogP contribution in [0.3, 0.4) is 0 Å². The fourth-order valence-electron chi connectivity index (χ4n) is 2.72. The number of rotatable bonds is 5. The lowest BCUT2D eigenvalue weighted by molar-refractivity contribution is -0.130. The van der Waals surface area contributed by atoms with Crippen LogP contribution in [-0.4, -0.2) is 35.0 Å². The van der Waals surface area contributed by atoms with Crippen LogP contribution in [0.5, 0.6) is 5.88 Å². The van der Waals surface area contributed by atoms with Crippen LogP contribution in [0.2, 0.25) is 0 Å². The maximum absolute atomic E-state index is 12.0. The first-order valence-electron chi connectivity index (χ1n) is 7.67. The number of para-hydroxylation sites is 1. The summed E-state index contributed by atoms with van der Waals surface area (Å²) in [5.74, 6) is 0.807. The predicted octanol–water partition coefficient (Wildman–Crippen LogP) is 3.18. The highest BCUT2D eigenvalue weighted by molar-refractivity contribution is 5.78. The molecule has 1 aliphatic heterocycles. The average Bonchev–Trinajstić information content (AvgIpc) is 3.01. The van der Waals surface area contributed by atoms with Crippen molar-refractivity contribution in [2.24, 2.45) is 0 Å². The number of carbonyl (C=O) groups is 1. The van der Waals surface area contributed by atoms with Gasteiger partial charge >= 0.3 is 0 Å². The molecule has 3 rings (SSSR count). The molecule has 1 aromatic carbocycles. The molecule has 1 fully saturated rings. The first-order chi connectivity index (χ1) is 10.8. The first-order valence-corrected chi connectivity index (χ1v) is 7.67. The lowest BCUT2D eigenvalue weighted by Crippen LogP contribution is -2.30. The number of carbonyl (C=O) groups excluding carboxylic acids is 1. The smallest absolute Gasteiger partial charge is 0.223 e. The van der Waals surface area contributed by atoms with Crippen LogP contribution in [0, 0.1) is 0 Å². The minimum Gasteiger partial charge on any atom is -0.472 e. The molecule has 1 saturated heterocycles. The molecule has 0 aliphatic carbocycles. The summed E-state index contributed by atoms with van der Waals surface area (Å²) < 4.78 is 5.94. The minimum atomic E-state index is 0.0290.